The summed E-state index contributed by atoms with van der Waals surface area (Å²) in [7, 11) is 0. The van der Waals surface area contributed by atoms with E-state index in [2.05, 4.69) is 0 Å². The number of para-hydroxylation sites is 1. The first-order valence-corrected chi connectivity index (χ1v) is 11.3. The molecule has 1 aliphatic rings. The fourth-order valence-corrected chi connectivity index (χ4v) is 4.50. The van der Waals surface area contributed by atoms with Crippen LogP contribution in [0.1, 0.15) is 32.7 Å². The highest BCUT2D eigenvalue weighted by Gasteiger charge is 2.25. The van der Waals surface area contributed by atoms with Crippen LogP contribution in [0.5, 0.6) is 17.2 Å². The molecule has 35 heavy (non-hydrogen) atoms. The number of aromatic nitrogens is 1. The molecule has 0 saturated carbocycles. The number of carboxylic acids is 1. The first-order valence-electron chi connectivity index (χ1n) is 11.3. The van der Waals surface area contributed by atoms with Crippen molar-refractivity contribution in [2.75, 3.05) is 6.61 Å². The van der Waals surface area contributed by atoms with Crippen LogP contribution in [0.2, 0.25) is 0 Å². The monoisotopic (exact) mass is 471 g/mol. The number of aliphatic carboxylic acids is 1. The van der Waals surface area contributed by atoms with Crippen molar-refractivity contribution in [3.05, 3.63) is 88.6 Å². The molecule has 4 aromatic rings. The predicted molar refractivity (Wildman–Crippen MR) is 131 cm³/mol. The number of ether oxygens (including phenoxy) is 3. The van der Waals surface area contributed by atoms with Gasteiger partial charge in [0.15, 0.2) is 18.1 Å². The number of benzene rings is 3. The first-order chi connectivity index (χ1) is 16.8. The van der Waals surface area contributed by atoms with Crippen molar-refractivity contribution in [3.63, 3.8) is 0 Å². The minimum atomic E-state index is -0.936. The molecular weight excluding hydrogens is 446 g/mol. The van der Waals surface area contributed by atoms with Crippen molar-refractivity contribution in [2.45, 2.75) is 33.5 Å². The van der Waals surface area contributed by atoms with E-state index in [4.69, 9.17) is 14.2 Å². The van der Waals surface area contributed by atoms with Gasteiger partial charge in [-0.1, -0.05) is 24.3 Å². The number of carbonyl (C=O) groups excluding carboxylic acids is 1. The predicted octanol–water partition coefficient (Wildman–Crippen LogP) is 5.06. The van der Waals surface area contributed by atoms with E-state index in [1.165, 1.54) is 0 Å². The second kappa shape index (κ2) is 8.83. The average molecular weight is 472 g/mol. The molecule has 0 saturated heterocycles. The molecule has 1 atom stereocenters. The summed E-state index contributed by atoms with van der Waals surface area (Å²) in [6, 6.07) is 18.4. The zero-order valence-electron chi connectivity index (χ0n) is 19.7. The van der Waals surface area contributed by atoms with Crippen LogP contribution in [-0.4, -0.2) is 34.4 Å². The number of carboxylic acid groups (broad SMARTS) is 1. The van der Waals surface area contributed by atoms with Crippen LogP contribution < -0.4 is 14.2 Å². The fraction of sp³-hybridized carbons (Fsp3) is 0.214. The van der Waals surface area contributed by atoms with Crippen molar-refractivity contribution >= 4 is 22.8 Å². The maximum atomic E-state index is 13.6. The Bertz CT molecular complexity index is 1470. The lowest BCUT2D eigenvalue weighted by atomic mass is 10.1. The summed E-state index contributed by atoms with van der Waals surface area (Å²) in [5.41, 5.74) is 4.31. The minimum Gasteiger partial charge on any atom is -0.486 e. The zero-order valence-corrected chi connectivity index (χ0v) is 19.7. The van der Waals surface area contributed by atoms with E-state index in [0.29, 0.717) is 39.6 Å². The van der Waals surface area contributed by atoms with Gasteiger partial charge in [0, 0.05) is 16.6 Å². The van der Waals surface area contributed by atoms with Gasteiger partial charge in [-0.2, -0.15) is 0 Å². The molecule has 0 amide bonds. The largest absolute Gasteiger partial charge is 0.486 e. The maximum Gasteiger partial charge on any atom is 0.307 e. The van der Waals surface area contributed by atoms with Crippen LogP contribution in [-0.2, 0) is 11.2 Å². The van der Waals surface area contributed by atoms with Gasteiger partial charge in [-0.3, -0.25) is 14.2 Å². The molecular formula is C28H25NO6. The van der Waals surface area contributed by atoms with Gasteiger partial charge in [0.25, 0.3) is 12.2 Å². The van der Waals surface area contributed by atoms with E-state index in [1.54, 1.807) is 29.7 Å². The highest BCUT2D eigenvalue weighted by molar-refractivity contribution is 6.05. The lowest BCUT2D eigenvalue weighted by Crippen LogP contribution is -2.26. The normalized spacial score (nSPS) is 14.3. The van der Waals surface area contributed by atoms with Crippen LogP contribution in [0.15, 0.2) is 60.7 Å². The third-order valence-corrected chi connectivity index (χ3v) is 6.20. The highest BCUT2D eigenvalue weighted by atomic mass is 16.7. The van der Waals surface area contributed by atoms with E-state index >= 15 is 0 Å². The molecule has 0 spiro atoms. The third-order valence-electron chi connectivity index (χ3n) is 6.20. The molecule has 0 fully saturated rings. The van der Waals surface area contributed by atoms with Crippen LogP contribution in [0.25, 0.3) is 10.9 Å². The third kappa shape index (κ3) is 4.21. The summed E-state index contributed by atoms with van der Waals surface area (Å²) < 4.78 is 19.0. The van der Waals surface area contributed by atoms with Gasteiger partial charge < -0.3 is 19.3 Å². The van der Waals surface area contributed by atoms with Gasteiger partial charge in [-0.25, -0.2) is 0 Å². The minimum absolute atomic E-state index is 0.146. The van der Waals surface area contributed by atoms with Crippen LogP contribution in [0, 0.1) is 20.8 Å². The lowest BCUT2D eigenvalue weighted by Gasteiger charge is -2.14. The summed E-state index contributed by atoms with van der Waals surface area (Å²) in [5.74, 6) is 0.839. The number of rotatable bonds is 6. The van der Waals surface area contributed by atoms with Crippen molar-refractivity contribution < 1.29 is 28.9 Å². The van der Waals surface area contributed by atoms with Crippen molar-refractivity contribution in [3.8, 4) is 17.2 Å². The molecule has 5 rings (SSSR count). The van der Waals surface area contributed by atoms with Crippen molar-refractivity contribution in [1.82, 2.24) is 4.57 Å². The molecule has 0 aliphatic carbocycles. The molecule has 1 N–H and O–H groups in total. The first kappa shape index (κ1) is 22.5. The number of aryl methyl sites for hydroxylation is 2. The van der Waals surface area contributed by atoms with Gasteiger partial charge in [0.1, 0.15) is 5.75 Å². The van der Waals surface area contributed by atoms with E-state index < -0.39 is 12.3 Å². The van der Waals surface area contributed by atoms with E-state index in [9.17, 15) is 14.7 Å². The Hall–Kier alpha value is -4.26. The second-order valence-electron chi connectivity index (χ2n) is 8.70. The number of hydrogen-bond donors (Lipinski definition) is 1. The molecule has 1 unspecified atom stereocenters. The smallest absolute Gasteiger partial charge is 0.307 e. The van der Waals surface area contributed by atoms with E-state index in [-0.39, 0.29) is 18.9 Å². The zero-order chi connectivity index (χ0) is 24.7. The van der Waals surface area contributed by atoms with E-state index in [1.807, 2.05) is 56.3 Å². The quantitative estimate of drug-likeness (QED) is 0.423. The lowest BCUT2D eigenvalue weighted by molar-refractivity contribution is -0.136. The number of fused-ring (bicyclic) bond motifs is 2. The van der Waals surface area contributed by atoms with Gasteiger partial charge in [0.2, 0.25) is 0 Å². The molecule has 7 nitrogen and oxygen atoms in total. The topological polar surface area (TPSA) is 87.0 Å². The summed E-state index contributed by atoms with van der Waals surface area (Å²) in [6.45, 7) is 5.81. The summed E-state index contributed by atoms with van der Waals surface area (Å²) >= 11 is 0. The van der Waals surface area contributed by atoms with Crippen molar-refractivity contribution in [2.24, 2.45) is 0 Å². The average Bonchev–Trinajstić information content (AvgIpc) is 3.35. The molecule has 178 valence electrons. The number of nitrogens with zero attached hydrogens (tertiary/aromatic N) is 1. The van der Waals surface area contributed by atoms with Crippen molar-refractivity contribution in [1.29, 1.82) is 0 Å². The van der Waals surface area contributed by atoms with Gasteiger partial charge in [-0.15, -0.1) is 0 Å². The van der Waals surface area contributed by atoms with Gasteiger partial charge in [0.05, 0.1) is 11.9 Å². The SMILES string of the molecule is Cc1ccc2c(c1)OC(COc1ccc(C(=O)n3c(C)c(CC(=O)O)c4ccccc43)c(C)c1)O2. The van der Waals surface area contributed by atoms with Crippen LogP contribution in [0.4, 0.5) is 0 Å². The Morgan fingerprint density at radius 1 is 0.971 bits per heavy atom. The van der Waals surface area contributed by atoms with Crippen LogP contribution in [0.3, 0.4) is 0 Å². The highest BCUT2D eigenvalue weighted by Crippen LogP contribution is 2.35. The summed E-state index contributed by atoms with van der Waals surface area (Å²) in [4.78, 5) is 25.0. The molecule has 7 heteroatoms. The molecule has 1 aliphatic heterocycles. The Balaban J connectivity index is 1.36. The Morgan fingerprint density at radius 2 is 1.74 bits per heavy atom. The van der Waals surface area contributed by atoms with Crippen LogP contribution >= 0.6 is 0 Å². The summed E-state index contributed by atoms with van der Waals surface area (Å²) in [5, 5.41) is 10.1. The van der Waals surface area contributed by atoms with Gasteiger partial charge >= 0.3 is 5.97 Å². The molecule has 0 bridgehead atoms. The van der Waals surface area contributed by atoms with E-state index in [0.717, 1.165) is 16.5 Å². The second-order valence-corrected chi connectivity index (χ2v) is 8.70. The molecule has 1 aromatic heterocycles. The molecule has 2 heterocycles. The van der Waals surface area contributed by atoms with Gasteiger partial charge in [-0.05, 0) is 73.9 Å². The Morgan fingerprint density at radius 3 is 2.51 bits per heavy atom. The molecule has 0 radical (unpaired) electrons. The summed E-state index contributed by atoms with van der Waals surface area (Å²) in [6.07, 6.45) is -0.692. The fourth-order valence-electron chi connectivity index (χ4n) is 4.50. The Kier molecular flexibility index (Phi) is 5.68. The maximum absolute atomic E-state index is 13.6. The standard InChI is InChI=1S/C28H25NO6/c1-16-8-11-24-25(12-16)35-27(34-24)15-33-19-9-10-20(17(2)13-19)28(32)29-18(3)22(14-26(30)31)21-6-4-5-7-23(21)29/h4-13,27H,14-15H2,1-3H3,(H,30,31). The number of carbonyl (C=O) groups is 2. The molecule has 3 aromatic carbocycles. The Labute approximate surface area is 202 Å². The number of hydrogen-bond acceptors (Lipinski definition) is 5.